The lowest BCUT2D eigenvalue weighted by atomic mass is 9.96. The molecule has 0 unspecified atom stereocenters. The smallest absolute Gasteiger partial charge is 0.355 e. The van der Waals surface area contributed by atoms with Gasteiger partial charge in [0.2, 0.25) is 5.75 Å². The number of hydrogen-bond donors (Lipinski definition) is 0. The Hall–Kier alpha value is -4.40. The molecule has 0 aliphatic heterocycles. The number of hydrogen-bond acceptors (Lipinski definition) is 8. The van der Waals surface area contributed by atoms with Gasteiger partial charge in [-0.2, -0.15) is 0 Å². The number of esters is 1. The molecule has 180 valence electrons. The van der Waals surface area contributed by atoms with Gasteiger partial charge in [-0.05, 0) is 48.4 Å². The summed E-state index contributed by atoms with van der Waals surface area (Å²) < 4.78 is 23.1. The van der Waals surface area contributed by atoms with Gasteiger partial charge in [0.1, 0.15) is 5.69 Å². The maximum Gasteiger partial charge on any atom is 0.355 e. The molecule has 0 fully saturated rings. The van der Waals surface area contributed by atoms with Crippen molar-refractivity contribution in [3.63, 3.8) is 0 Å². The lowest BCUT2D eigenvalue weighted by Crippen LogP contribution is -2.28. The molecule has 3 heterocycles. The third kappa shape index (κ3) is 4.28. The lowest BCUT2D eigenvalue weighted by Gasteiger charge is -2.20. The van der Waals surface area contributed by atoms with E-state index >= 15 is 0 Å². The standard InChI is InChI=1S/C26H25N3O6/c1-15-10-16(6-9-28-15)14-29-23(26(31)35-5)22(19-13-27-8-7-18(19)25(29)30)17-11-20(32-2)24(34-4)21(12-17)33-3/h6-13H,14H2,1-5H3. The highest BCUT2D eigenvalue weighted by molar-refractivity contribution is 6.06. The summed E-state index contributed by atoms with van der Waals surface area (Å²) >= 11 is 0. The average Bonchev–Trinajstić information content (AvgIpc) is 2.88. The highest BCUT2D eigenvalue weighted by atomic mass is 16.5. The summed E-state index contributed by atoms with van der Waals surface area (Å²) in [4.78, 5) is 35.3. The van der Waals surface area contributed by atoms with Crippen LogP contribution < -0.4 is 19.8 Å². The van der Waals surface area contributed by atoms with Crippen molar-refractivity contribution in [3.05, 3.63) is 76.2 Å². The Balaban J connectivity index is 2.14. The largest absolute Gasteiger partial charge is 0.493 e. The highest BCUT2D eigenvalue weighted by Crippen LogP contribution is 2.43. The molecule has 1 aromatic carbocycles. The third-order valence-electron chi connectivity index (χ3n) is 5.71. The SMILES string of the molecule is COC(=O)c1c(-c2cc(OC)c(OC)c(OC)c2)c2cnccc2c(=O)n1Cc1ccnc(C)c1. The molecule has 0 atom stereocenters. The predicted molar refractivity (Wildman–Crippen MR) is 131 cm³/mol. The van der Waals surface area contributed by atoms with E-state index in [0.29, 0.717) is 39.1 Å². The number of aromatic nitrogens is 3. The molecule has 0 saturated carbocycles. The van der Waals surface area contributed by atoms with E-state index < -0.39 is 5.97 Å². The maximum atomic E-state index is 13.6. The van der Waals surface area contributed by atoms with Crippen molar-refractivity contribution >= 4 is 16.7 Å². The minimum absolute atomic E-state index is 0.0849. The van der Waals surface area contributed by atoms with Crippen LogP contribution in [0.2, 0.25) is 0 Å². The normalized spacial score (nSPS) is 10.8. The third-order valence-corrected chi connectivity index (χ3v) is 5.71. The first-order valence-electron chi connectivity index (χ1n) is 10.7. The van der Waals surface area contributed by atoms with Crippen LogP contribution in [0.25, 0.3) is 21.9 Å². The second kappa shape index (κ2) is 9.84. The zero-order chi connectivity index (χ0) is 25.1. The van der Waals surface area contributed by atoms with Gasteiger partial charge in [0.15, 0.2) is 11.5 Å². The van der Waals surface area contributed by atoms with Gasteiger partial charge in [0, 0.05) is 35.2 Å². The Labute approximate surface area is 201 Å². The Morgan fingerprint density at radius 2 is 1.66 bits per heavy atom. The molecule has 35 heavy (non-hydrogen) atoms. The van der Waals surface area contributed by atoms with Crippen molar-refractivity contribution in [2.75, 3.05) is 28.4 Å². The van der Waals surface area contributed by atoms with E-state index in [1.165, 1.54) is 33.0 Å². The summed E-state index contributed by atoms with van der Waals surface area (Å²) in [5, 5.41) is 0.900. The van der Waals surface area contributed by atoms with Crippen molar-refractivity contribution in [1.29, 1.82) is 0 Å². The number of nitrogens with zero attached hydrogens (tertiary/aromatic N) is 3. The molecule has 4 rings (SSSR count). The van der Waals surface area contributed by atoms with E-state index in [4.69, 9.17) is 18.9 Å². The fraction of sp³-hybridized carbons (Fsp3) is 0.231. The predicted octanol–water partition coefficient (Wildman–Crippen LogP) is 3.63. The quantitative estimate of drug-likeness (QED) is 0.374. The fourth-order valence-corrected chi connectivity index (χ4v) is 4.15. The molecule has 0 saturated heterocycles. The molecule has 0 amide bonds. The Bertz CT molecular complexity index is 1450. The summed E-state index contributed by atoms with van der Waals surface area (Å²) in [6.45, 7) is 2.00. The maximum absolute atomic E-state index is 13.6. The van der Waals surface area contributed by atoms with Gasteiger partial charge in [-0.25, -0.2) is 4.79 Å². The Kier molecular flexibility index (Phi) is 6.68. The van der Waals surface area contributed by atoms with E-state index in [1.807, 2.05) is 13.0 Å². The zero-order valence-electron chi connectivity index (χ0n) is 20.1. The molecule has 3 aromatic heterocycles. The van der Waals surface area contributed by atoms with Crippen LogP contribution in [-0.4, -0.2) is 48.9 Å². The monoisotopic (exact) mass is 475 g/mol. The molecular formula is C26H25N3O6. The zero-order valence-corrected chi connectivity index (χ0v) is 20.1. The second-order valence-electron chi connectivity index (χ2n) is 7.75. The molecule has 0 radical (unpaired) electrons. The van der Waals surface area contributed by atoms with Crippen molar-refractivity contribution < 1.29 is 23.7 Å². The van der Waals surface area contributed by atoms with Crippen molar-refractivity contribution in [2.45, 2.75) is 13.5 Å². The highest BCUT2D eigenvalue weighted by Gasteiger charge is 2.26. The van der Waals surface area contributed by atoms with Gasteiger partial charge >= 0.3 is 5.97 Å². The van der Waals surface area contributed by atoms with Crippen molar-refractivity contribution in [2.24, 2.45) is 0 Å². The number of fused-ring (bicyclic) bond motifs is 1. The molecule has 0 aliphatic rings. The lowest BCUT2D eigenvalue weighted by molar-refractivity contribution is 0.0588. The number of rotatable bonds is 7. The minimum Gasteiger partial charge on any atom is -0.493 e. The summed E-state index contributed by atoms with van der Waals surface area (Å²) in [7, 11) is 5.81. The topological polar surface area (TPSA) is 102 Å². The first-order valence-corrected chi connectivity index (χ1v) is 10.7. The first-order chi connectivity index (χ1) is 16.9. The number of benzene rings is 1. The fourth-order valence-electron chi connectivity index (χ4n) is 4.15. The number of carbonyl (C=O) groups excluding carboxylic acids is 1. The Morgan fingerprint density at radius 3 is 2.26 bits per heavy atom. The van der Waals surface area contributed by atoms with E-state index in [9.17, 15) is 9.59 Å². The van der Waals surface area contributed by atoms with Crippen molar-refractivity contribution in [1.82, 2.24) is 14.5 Å². The summed E-state index contributed by atoms with van der Waals surface area (Å²) in [6, 6.07) is 8.75. The van der Waals surface area contributed by atoms with E-state index in [0.717, 1.165) is 11.3 Å². The van der Waals surface area contributed by atoms with Gasteiger partial charge in [-0.3, -0.25) is 19.3 Å². The van der Waals surface area contributed by atoms with Crippen LogP contribution in [0.15, 0.2) is 53.7 Å². The van der Waals surface area contributed by atoms with Crippen LogP contribution in [0.3, 0.4) is 0 Å². The van der Waals surface area contributed by atoms with Crippen LogP contribution in [0.4, 0.5) is 0 Å². The molecule has 0 N–H and O–H groups in total. The molecule has 0 spiro atoms. The number of methoxy groups -OCH3 is 4. The number of carbonyl (C=O) groups is 1. The van der Waals surface area contributed by atoms with Crippen LogP contribution in [0.5, 0.6) is 17.2 Å². The second-order valence-corrected chi connectivity index (χ2v) is 7.75. The molecular weight excluding hydrogens is 450 g/mol. The number of aryl methyl sites for hydroxylation is 1. The van der Waals surface area contributed by atoms with Crippen LogP contribution in [0, 0.1) is 6.92 Å². The number of ether oxygens (including phenoxy) is 4. The molecule has 4 aromatic rings. The van der Waals surface area contributed by atoms with E-state index in [-0.39, 0.29) is 17.8 Å². The average molecular weight is 476 g/mol. The summed E-state index contributed by atoms with van der Waals surface area (Å²) in [5.41, 5.74) is 2.39. The minimum atomic E-state index is -0.664. The molecule has 9 nitrogen and oxygen atoms in total. The van der Waals surface area contributed by atoms with Gasteiger partial charge in [-0.1, -0.05) is 0 Å². The van der Waals surface area contributed by atoms with Gasteiger partial charge in [0.25, 0.3) is 5.56 Å². The molecule has 0 bridgehead atoms. The Morgan fingerprint density at radius 1 is 0.943 bits per heavy atom. The summed E-state index contributed by atoms with van der Waals surface area (Å²) in [6.07, 6.45) is 4.77. The van der Waals surface area contributed by atoms with E-state index in [2.05, 4.69) is 9.97 Å². The van der Waals surface area contributed by atoms with Gasteiger partial charge in [-0.15, -0.1) is 0 Å². The van der Waals surface area contributed by atoms with Crippen LogP contribution in [-0.2, 0) is 11.3 Å². The molecule has 0 aliphatic carbocycles. The number of pyridine rings is 3. The van der Waals surface area contributed by atoms with Gasteiger partial charge < -0.3 is 18.9 Å². The van der Waals surface area contributed by atoms with Crippen LogP contribution >= 0.6 is 0 Å². The van der Waals surface area contributed by atoms with Crippen LogP contribution in [0.1, 0.15) is 21.7 Å². The summed E-state index contributed by atoms with van der Waals surface area (Å²) in [5.74, 6) is 0.540. The van der Waals surface area contributed by atoms with Crippen molar-refractivity contribution in [3.8, 4) is 28.4 Å². The van der Waals surface area contributed by atoms with Gasteiger partial charge in [0.05, 0.1) is 40.4 Å². The first kappa shape index (κ1) is 23.7. The van der Waals surface area contributed by atoms with E-state index in [1.54, 1.807) is 42.9 Å². The molecule has 9 heteroatoms.